The van der Waals surface area contributed by atoms with Gasteiger partial charge in [-0.3, -0.25) is 13.8 Å². The highest BCUT2D eigenvalue weighted by atomic mass is 31.2. The number of hydrogen-bond acceptors (Lipinski definition) is 11. The molecule has 13 heteroatoms. The van der Waals surface area contributed by atoms with Crippen LogP contribution >= 0.6 is 7.82 Å². The first-order valence-electron chi connectivity index (χ1n) is 13.9. The molecule has 7 N–H and O–H groups in total. The van der Waals surface area contributed by atoms with E-state index in [9.17, 15) is 44.9 Å². The standard InChI is InChI=1S/C25H49O12P/c1-2-3-4-5-6-7-8-9-10-11-12-13-14-15-19(27)35-16-18(26)17-36-38(33,34)37-25-23(31)21(29)20(28)22(30)24(25)32/h18,20-26,28-32H,2-17H2,1H3,(H,33,34)/t18-,20?,21-,22+,23+,24+,25?/m0/s1. The molecule has 0 spiro atoms. The van der Waals surface area contributed by atoms with E-state index in [0.717, 1.165) is 19.3 Å². The number of ether oxygens (including phenoxy) is 1. The Kier molecular flexibility index (Phi) is 18.1. The first-order chi connectivity index (χ1) is 18.0. The van der Waals surface area contributed by atoms with Gasteiger partial charge in [-0.2, -0.15) is 0 Å². The topological polar surface area (TPSA) is 203 Å². The molecular formula is C25H49O12P. The maximum atomic E-state index is 12.1. The fourth-order valence-corrected chi connectivity index (χ4v) is 5.26. The Bertz CT molecular complexity index is 665. The van der Waals surface area contributed by atoms with E-state index in [2.05, 4.69) is 16.0 Å². The molecule has 0 aliphatic heterocycles. The normalized spacial score (nSPS) is 28.1. The zero-order chi connectivity index (χ0) is 28.6. The van der Waals surface area contributed by atoms with Crippen LogP contribution in [0.25, 0.3) is 0 Å². The maximum Gasteiger partial charge on any atom is 0.472 e. The van der Waals surface area contributed by atoms with Crippen molar-refractivity contribution in [3.8, 4) is 0 Å². The molecular weight excluding hydrogens is 523 g/mol. The average Bonchev–Trinajstić information content (AvgIpc) is 2.89. The van der Waals surface area contributed by atoms with Crippen LogP contribution in [0.3, 0.4) is 0 Å². The molecule has 38 heavy (non-hydrogen) atoms. The zero-order valence-electron chi connectivity index (χ0n) is 22.5. The summed E-state index contributed by atoms with van der Waals surface area (Å²) in [6.07, 6.45) is 2.42. The van der Waals surface area contributed by atoms with Gasteiger partial charge in [0.15, 0.2) is 0 Å². The molecule has 1 rings (SSSR count). The van der Waals surface area contributed by atoms with Crippen LogP contribution in [0.2, 0.25) is 0 Å². The van der Waals surface area contributed by atoms with Gasteiger partial charge in [0.25, 0.3) is 0 Å². The second-order valence-electron chi connectivity index (χ2n) is 10.1. The number of carbonyl (C=O) groups is 1. The lowest BCUT2D eigenvalue weighted by atomic mass is 9.85. The van der Waals surface area contributed by atoms with Crippen molar-refractivity contribution in [3.05, 3.63) is 0 Å². The minimum absolute atomic E-state index is 0.195. The summed E-state index contributed by atoms with van der Waals surface area (Å²) >= 11 is 0. The van der Waals surface area contributed by atoms with Gasteiger partial charge in [0.05, 0.1) is 6.61 Å². The number of hydrogen-bond donors (Lipinski definition) is 7. The van der Waals surface area contributed by atoms with E-state index in [1.165, 1.54) is 57.8 Å². The molecule has 1 fully saturated rings. The van der Waals surface area contributed by atoms with E-state index in [1.54, 1.807) is 0 Å². The highest BCUT2D eigenvalue weighted by molar-refractivity contribution is 7.47. The number of phosphoric ester groups is 1. The maximum absolute atomic E-state index is 12.1. The van der Waals surface area contributed by atoms with Crippen LogP contribution in [-0.2, 0) is 23.1 Å². The fourth-order valence-electron chi connectivity index (χ4n) is 4.28. The van der Waals surface area contributed by atoms with Crippen LogP contribution in [0, 0.1) is 0 Å². The predicted molar refractivity (Wildman–Crippen MR) is 138 cm³/mol. The summed E-state index contributed by atoms with van der Waals surface area (Å²) in [6.45, 7) is 0.973. The van der Waals surface area contributed by atoms with Gasteiger partial charge in [0, 0.05) is 6.42 Å². The third-order valence-corrected chi connectivity index (χ3v) is 7.66. The highest BCUT2D eigenvalue weighted by Crippen LogP contribution is 2.47. The van der Waals surface area contributed by atoms with Gasteiger partial charge in [0.2, 0.25) is 0 Å². The molecule has 0 bridgehead atoms. The second kappa shape index (κ2) is 19.4. The van der Waals surface area contributed by atoms with E-state index in [4.69, 9.17) is 4.74 Å². The molecule has 0 radical (unpaired) electrons. The van der Waals surface area contributed by atoms with Crippen LogP contribution in [0.4, 0.5) is 0 Å². The lowest BCUT2D eigenvalue weighted by Gasteiger charge is -2.41. The minimum atomic E-state index is -4.98. The quantitative estimate of drug-likeness (QED) is 0.0596. The Morgan fingerprint density at radius 3 is 1.61 bits per heavy atom. The molecule has 226 valence electrons. The van der Waals surface area contributed by atoms with Crippen molar-refractivity contribution in [3.63, 3.8) is 0 Å². The lowest BCUT2D eigenvalue weighted by molar-refractivity contribution is -0.220. The number of aliphatic hydroxyl groups excluding tert-OH is 6. The Balaban J connectivity index is 2.11. The van der Waals surface area contributed by atoms with Gasteiger partial charge in [-0.05, 0) is 6.42 Å². The van der Waals surface area contributed by atoms with Gasteiger partial charge in [-0.15, -0.1) is 0 Å². The Morgan fingerprint density at radius 1 is 0.711 bits per heavy atom. The summed E-state index contributed by atoms with van der Waals surface area (Å²) < 4.78 is 26.3. The van der Waals surface area contributed by atoms with Gasteiger partial charge < -0.3 is 40.3 Å². The SMILES string of the molecule is CCCCCCCCCCCCCCCC(=O)OC[C@H](O)COP(=O)(O)OC1[C@H](O)[C@H](O)C(O)[C@H](O)[C@H]1O. The predicted octanol–water partition coefficient (Wildman–Crippen LogP) is 1.69. The molecule has 1 aliphatic carbocycles. The molecule has 8 atom stereocenters. The number of carbonyl (C=O) groups excluding carboxylic acids is 1. The molecule has 0 amide bonds. The smallest absolute Gasteiger partial charge is 0.463 e. The molecule has 0 aromatic heterocycles. The Hall–Kier alpha value is -0.660. The lowest BCUT2D eigenvalue weighted by Crippen LogP contribution is -2.64. The number of unbranched alkanes of at least 4 members (excludes halogenated alkanes) is 12. The molecule has 0 aromatic carbocycles. The van der Waals surface area contributed by atoms with Gasteiger partial charge in [-0.25, -0.2) is 4.57 Å². The van der Waals surface area contributed by atoms with Gasteiger partial charge >= 0.3 is 13.8 Å². The summed E-state index contributed by atoms with van der Waals surface area (Å²) in [5, 5.41) is 58.5. The molecule has 12 nitrogen and oxygen atoms in total. The van der Waals surface area contributed by atoms with Crippen LogP contribution in [0.5, 0.6) is 0 Å². The Labute approximate surface area is 225 Å². The number of aliphatic hydroxyl groups is 6. The van der Waals surface area contributed by atoms with Crippen molar-refractivity contribution in [2.45, 2.75) is 140 Å². The van der Waals surface area contributed by atoms with Crippen LogP contribution < -0.4 is 0 Å². The number of rotatable bonds is 21. The van der Waals surface area contributed by atoms with E-state index in [1.807, 2.05) is 0 Å². The molecule has 1 saturated carbocycles. The molecule has 3 unspecified atom stereocenters. The number of phosphoric acid groups is 1. The van der Waals surface area contributed by atoms with E-state index < -0.39 is 69.7 Å². The summed E-state index contributed by atoms with van der Waals surface area (Å²) in [6, 6.07) is 0. The first kappa shape index (κ1) is 35.4. The Morgan fingerprint density at radius 2 is 1.13 bits per heavy atom. The zero-order valence-corrected chi connectivity index (χ0v) is 23.4. The van der Waals surface area contributed by atoms with Gasteiger partial charge in [-0.1, -0.05) is 84.0 Å². The van der Waals surface area contributed by atoms with E-state index >= 15 is 0 Å². The largest absolute Gasteiger partial charge is 0.472 e. The molecule has 1 aliphatic rings. The third-order valence-electron chi connectivity index (χ3n) is 6.68. The minimum Gasteiger partial charge on any atom is -0.463 e. The first-order valence-corrected chi connectivity index (χ1v) is 15.4. The van der Waals surface area contributed by atoms with Crippen molar-refractivity contribution in [1.82, 2.24) is 0 Å². The van der Waals surface area contributed by atoms with Crippen LogP contribution in [0.15, 0.2) is 0 Å². The van der Waals surface area contributed by atoms with Crippen LogP contribution in [-0.4, -0.2) is 97.4 Å². The van der Waals surface area contributed by atoms with E-state index in [0.29, 0.717) is 6.42 Å². The summed E-state index contributed by atoms with van der Waals surface area (Å²) in [5.41, 5.74) is 0. The van der Waals surface area contributed by atoms with Crippen molar-refractivity contribution in [2.24, 2.45) is 0 Å². The summed E-state index contributed by atoms with van der Waals surface area (Å²) in [7, 11) is -4.98. The summed E-state index contributed by atoms with van der Waals surface area (Å²) in [4.78, 5) is 21.6. The van der Waals surface area contributed by atoms with E-state index in [-0.39, 0.29) is 6.42 Å². The highest BCUT2D eigenvalue weighted by Gasteiger charge is 2.51. The van der Waals surface area contributed by atoms with Crippen LogP contribution in [0.1, 0.15) is 96.8 Å². The van der Waals surface area contributed by atoms with Crippen molar-refractivity contribution < 1.29 is 58.7 Å². The average molecular weight is 573 g/mol. The molecule has 0 saturated heterocycles. The van der Waals surface area contributed by atoms with Crippen molar-refractivity contribution in [1.29, 1.82) is 0 Å². The second-order valence-corrected chi connectivity index (χ2v) is 11.5. The molecule has 0 heterocycles. The van der Waals surface area contributed by atoms with Crippen molar-refractivity contribution >= 4 is 13.8 Å². The monoisotopic (exact) mass is 572 g/mol. The number of esters is 1. The van der Waals surface area contributed by atoms with Gasteiger partial charge in [0.1, 0.15) is 49.3 Å². The molecule has 0 aromatic rings. The fraction of sp³-hybridized carbons (Fsp3) is 0.960. The third kappa shape index (κ3) is 14.1. The van der Waals surface area contributed by atoms with Crippen molar-refractivity contribution in [2.75, 3.05) is 13.2 Å². The summed E-state index contributed by atoms with van der Waals surface area (Å²) in [5.74, 6) is -0.509.